The molecule has 1 atom stereocenters. The number of aliphatic imine (C=N–C) groups is 1. The van der Waals surface area contributed by atoms with E-state index in [1.54, 1.807) is 0 Å². The maximum atomic E-state index is 5.55. The predicted molar refractivity (Wildman–Crippen MR) is 86.9 cm³/mol. The third kappa shape index (κ3) is 3.49. The Bertz CT molecular complexity index is 491. The van der Waals surface area contributed by atoms with Gasteiger partial charge in [-0.2, -0.15) is 0 Å². The lowest BCUT2D eigenvalue weighted by Crippen LogP contribution is -2.28. The molecule has 1 aromatic rings. The smallest absolute Gasteiger partial charge is 0.282 e. The molecule has 1 aliphatic heterocycles. The van der Waals surface area contributed by atoms with E-state index in [1.807, 2.05) is 0 Å². The van der Waals surface area contributed by atoms with E-state index in [4.69, 9.17) is 10.5 Å². The molecule has 0 spiro atoms. The first-order valence-electron chi connectivity index (χ1n) is 7.99. The molecule has 3 rings (SSSR count). The van der Waals surface area contributed by atoms with Crippen LogP contribution in [-0.2, 0) is 4.74 Å². The fourth-order valence-electron chi connectivity index (χ4n) is 3.39. The number of hydrogen-bond acceptors (Lipinski definition) is 4. The third-order valence-corrected chi connectivity index (χ3v) is 4.63. The highest BCUT2D eigenvalue weighted by Crippen LogP contribution is 2.33. The van der Waals surface area contributed by atoms with Gasteiger partial charge in [-0.05, 0) is 36.5 Å². The molecule has 4 nitrogen and oxygen atoms in total. The van der Waals surface area contributed by atoms with E-state index in [2.05, 4.69) is 41.2 Å². The van der Waals surface area contributed by atoms with E-state index in [1.165, 1.54) is 43.4 Å². The fourth-order valence-corrected chi connectivity index (χ4v) is 3.39. The highest BCUT2D eigenvalue weighted by Gasteiger charge is 2.19. The standard InChI is InChI=1S/C17H25N3O/c1-20(11-15-12-21-17(18)19-15)16-9-7-14(8-10-16)13-5-3-2-4-6-13/h7-10,13,15H,2-6,11-12H2,1H3,(H2,18,19). The van der Waals surface area contributed by atoms with Crippen molar-refractivity contribution in [1.82, 2.24) is 0 Å². The van der Waals surface area contributed by atoms with Crippen molar-refractivity contribution in [3.8, 4) is 0 Å². The summed E-state index contributed by atoms with van der Waals surface area (Å²) < 4.78 is 5.20. The third-order valence-electron chi connectivity index (χ3n) is 4.63. The Morgan fingerprint density at radius 1 is 1.19 bits per heavy atom. The Kier molecular flexibility index (Phi) is 4.32. The van der Waals surface area contributed by atoms with Crippen LogP contribution in [0.1, 0.15) is 43.6 Å². The van der Waals surface area contributed by atoms with Crippen LogP contribution in [0.15, 0.2) is 29.3 Å². The second-order valence-corrected chi connectivity index (χ2v) is 6.24. The van der Waals surface area contributed by atoms with E-state index < -0.39 is 0 Å². The normalized spacial score (nSPS) is 22.7. The van der Waals surface area contributed by atoms with E-state index in [0.29, 0.717) is 12.6 Å². The SMILES string of the molecule is CN(CC1COC(N)=N1)c1ccc(C2CCCCC2)cc1. The van der Waals surface area contributed by atoms with Gasteiger partial charge in [0.15, 0.2) is 0 Å². The van der Waals surface area contributed by atoms with Gasteiger partial charge in [-0.1, -0.05) is 31.4 Å². The largest absolute Gasteiger partial charge is 0.463 e. The van der Waals surface area contributed by atoms with Crippen molar-refractivity contribution < 1.29 is 4.74 Å². The molecule has 2 aliphatic rings. The molecular formula is C17H25N3O. The number of likely N-dealkylation sites (N-methyl/N-ethyl adjacent to an activating group) is 1. The van der Waals surface area contributed by atoms with Crippen LogP contribution < -0.4 is 10.6 Å². The zero-order chi connectivity index (χ0) is 14.7. The highest BCUT2D eigenvalue weighted by molar-refractivity contribution is 5.73. The average molecular weight is 287 g/mol. The summed E-state index contributed by atoms with van der Waals surface area (Å²) in [7, 11) is 2.10. The van der Waals surface area contributed by atoms with Crippen molar-refractivity contribution in [2.24, 2.45) is 10.7 Å². The first-order chi connectivity index (χ1) is 10.2. The van der Waals surface area contributed by atoms with E-state index in [-0.39, 0.29) is 6.04 Å². The maximum Gasteiger partial charge on any atom is 0.282 e. The van der Waals surface area contributed by atoms with Crippen LogP contribution >= 0.6 is 0 Å². The molecule has 0 bridgehead atoms. The Morgan fingerprint density at radius 3 is 2.52 bits per heavy atom. The molecule has 2 N–H and O–H groups in total. The minimum atomic E-state index is 0.146. The number of ether oxygens (including phenoxy) is 1. The summed E-state index contributed by atoms with van der Waals surface area (Å²) in [6, 6.07) is 9.52. The van der Waals surface area contributed by atoms with Gasteiger partial charge in [-0.3, -0.25) is 0 Å². The zero-order valence-electron chi connectivity index (χ0n) is 12.8. The van der Waals surface area contributed by atoms with Crippen LogP contribution in [0.3, 0.4) is 0 Å². The Hall–Kier alpha value is -1.71. The molecule has 0 aromatic heterocycles. The molecule has 1 saturated carbocycles. The quantitative estimate of drug-likeness (QED) is 0.926. The number of anilines is 1. The van der Waals surface area contributed by atoms with Crippen molar-refractivity contribution in [3.05, 3.63) is 29.8 Å². The fraction of sp³-hybridized carbons (Fsp3) is 0.588. The molecular weight excluding hydrogens is 262 g/mol. The molecule has 21 heavy (non-hydrogen) atoms. The first kappa shape index (κ1) is 14.2. The number of nitrogens with two attached hydrogens (primary N) is 1. The Balaban J connectivity index is 1.60. The van der Waals surface area contributed by atoms with Crippen LogP contribution in [0.4, 0.5) is 5.69 Å². The van der Waals surface area contributed by atoms with Gasteiger partial charge in [0.25, 0.3) is 6.02 Å². The Labute approximate surface area is 127 Å². The van der Waals surface area contributed by atoms with Crippen molar-refractivity contribution in [2.75, 3.05) is 25.1 Å². The van der Waals surface area contributed by atoms with Crippen molar-refractivity contribution in [2.45, 2.75) is 44.1 Å². The predicted octanol–water partition coefficient (Wildman–Crippen LogP) is 2.88. The van der Waals surface area contributed by atoms with Crippen LogP contribution in [-0.4, -0.2) is 32.3 Å². The molecule has 1 fully saturated rings. The Morgan fingerprint density at radius 2 is 1.90 bits per heavy atom. The lowest BCUT2D eigenvalue weighted by molar-refractivity contribution is 0.314. The molecule has 0 amide bonds. The van der Waals surface area contributed by atoms with Gasteiger partial charge < -0.3 is 15.4 Å². The van der Waals surface area contributed by atoms with Crippen LogP contribution in [0.2, 0.25) is 0 Å². The summed E-state index contributed by atoms with van der Waals surface area (Å²) in [5.74, 6) is 0.769. The second kappa shape index (κ2) is 6.37. The van der Waals surface area contributed by atoms with E-state index in [0.717, 1.165) is 12.5 Å². The molecule has 4 heteroatoms. The van der Waals surface area contributed by atoms with Gasteiger partial charge >= 0.3 is 0 Å². The first-order valence-corrected chi connectivity index (χ1v) is 7.99. The lowest BCUT2D eigenvalue weighted by atomic mass is 9.84. The van der Waals surface area contributed by atoms with Crippen molar-refractivity contribution >= 4 is 11.7 Å². The van der Waals surface area contributed by atoms with Crippen LogP contribution in [0, 0.1) is 0 Å². The minimum absolute atomic E-state index is 0.146. The monoisotopic (exact) mass is 287 g/mol. The molecule has 0 saturated heterocycles. The van der Waals surface area contributed by atoms with Crippen LogP contribution in [0.25, 0.3) is 0 Å². The number of rotatable bonds is 4. The molecule has 1 unspecified atom stereocenters. The number of hydrogen-bond donors (Lipinski definition) is 1. The van der Waals surface area contributed by atoms with Gasteiger partial charge in [0.05, 0.1) is 0 Å². The minimum Gasteiger partial charge on any atom is -0.463 e. The van der Waals surface area contributed by atoms with Gasteiger partial charge in [0.1, 0.15) is 12.6 Å². The summed E-state index contributed by atoms with van der Waals surface area (Å²) in [5, 5.41) is 0. The molecule has 114 valence electrons. The summed E-state index contributed by atoms with van der Waals surface area (Å²) in [4.78, 5) is 6.50. The van der Waals surface area contributed by atoms with Crippen molar-refractivity contribution in [1.29, 1.82) is 0 Å². The molecule has 0 radical (unpaired) electrons. The van der Waals surface area contributed by atoms with E-state index in [9.17, 15) is 0 Å². The lowest BCUT2D eigenvalue weighted by Gasteiger charge is -2.24. The summed E-state index contributed by atoms with van der Waals surface area (Å²) >= 11 is 0. The van der Waals surface area contributed by atoms with Crippen molar-refractivity contribution in [3.63, 3.8) is 0 Å². The second-order valence-electron chi connectivity index (χ2n) is 6.24. The van der Waals surface area contributed by atoms with Gasteiger partial charge in [0, 0.05) is 19.3 Å². The summed E-state index contributed by atoms with van der Waals surface area (Å²) in [6.07, 6.45) is 6.87. The van der Waals surface area contributed by atoms with Gasteiger partial charge in [-0.25, -0.2) is 4.99 Å². The highest BCUT2D eigenvalue weighted by atomic mass is 16.5. The molecule has 1 aromatic carbocycles. The number of nitrogens with zero attached hydrogens (tertiary/aromatic N) is 2. The maximum absolute atomic E-state index is 5.55. The van der Waals surface area contributed by atoms with E-state index >= 15 is 0 Å². The zero-order valence-corrected chi connectivity index (χ0v) is 12.8. The summed E-state index contributed by atoms with van der Waals surface area (Å²) in [5.41, 5.74) is 8.28. The van der Waals surface area contributed by atoms with Gasteiger partial charge in [0.2, 0.25) is 0 Å². The summed E-state index contributed by atoms with van der Waals surface area (Å²) in [6.45, 7) is 1.43. The number of amidine groups is 1. The topological polar surface area (TPSA) is 50.9 Å². The number of benzene rings is 1. The molecule has 1 heterocycles. The van der Waals surface area contributed by atoms with Crippen LogP contribution in [0.5, 0.6) is 0 Å². The molecule has 1 aliphatic carbocycles. The van der Waals surface area contributed by atoms with Gasteiger partial charge in [-0.15, -0.1) is 0 Å². The average Bonchev–Trinajstić information content (AvgIpc) is 2.93.